The number of aryl methyl sites for hydroxylation is 1. The molecule has 1 amide bonds. The van der Waals surface area contributed by atoms with Crippen LogP contribution in [0.5, 0.6) is 0 Å². The normalized spacial score (nSPS) is 15.8. The smallest absolute Gasteiger partial charge is 0.222 e. The van der Waals surface area contributed by atoms with E-state index in [1.54, 1.807) is 0 Å². The van der Waals surface area contributed by atoms with E-state index in [-0.39, 0.29) is 0 Å². The lowest BCUT2D eigenvalue weighted by Crippen LogP contribution is -2.35. The van der Waals surface area contributed by atoms with E-state index in [9.17, 15) is 4.79 Å². The Labute approximate surface area is 116 Å². The maximum absolute atomic E-state index is 12.1. The van der Waals surface area contributed by atoms with E-state index in [1.165, 1.54) is 30.4 Å². The van der Waals surface area contributed by atoms with Gasteiger partial charge in [-0.05, 0) is 42.7 Å². The molecule has 1 aromatic carbocycles. The van der Waals surface area contributed by atoms with E-state index in [0.29, 0.717) is 18.2 Å². The molecule has 0 bridgehead atoms. The highest BCUT2D eigenvalue weighted by Crippen LogP contribution is 2.16. The fourth-order valence-electron chi connectivity index (χ4n) is 2.62. The summed E-state index contributed by atoms with van der Waals surface area (Å²) in [5.41, 5.74) is 2.64. The first-order chi connectivity index (χ1) is 9.16. The van der Waals surface area contributed by atoms with E-state index < -0.39 is 0 Å². The van der Waals surface area contributed by atoms with Gasteiger partial charge in [0.2, 0.25) is 5.91 Å². The number of likely N-dealkylation sites (tertiary alicyclic amines) is 1. The first kappa shape index (κ1) is 14.1. The number of amides is 1. The second-order valence-electron chi connectivity index (χ2n) is 5.84. The van der Waals surface area contributed by atoms with Crippen molar-refractivity contribution in [1.29, 1.82) is 0 Å². The number of nitrogens with zero attached hydrogens (tertiary/aromatic N) is 1. The van der Waals surface area contributed by atoms with Crippen LogP contribution in [0.2, 0.25) is 0 Å². The molecule has 104 valence electrons. The molecule has 0 N–H and O–H groups in total. The van der Waals surface area contributed by atoms with Crippen LogP contribution in [0.4, 0.5) is 0 Å². The summed E-state index contributed by atoms with van der Waals surface area (Å²) in [6.07, 6.45) is 5.15. The summed E-state index contributed by atoms with van der Waals surface area (Å²) in [4.78, 5) is 14.1. The zero-order chi connectivity index (χ0) is 13.7. The zero-order valence-corrected chi connectivity index (χ0v) is 12.2. The van der Waals surface area contributed by atoms with Gasteiger partial charge in [-0.2, -0.15) is 0 Å². The van der Waals surface area contributed by atoms with Gasteiger partial charge in [-0.15, -0.1) is 0 Å². The summed E-state index contributed by atoms with van der Waals surface area (Å²) < 4.78 is 0. The summed E-state index contributed by atoms with van der Waals surface area (Å²) in [7, 11) is 0. The van der Waals surface area contributed by atoms with Gasteiger partial charge in [0.1, 0.15) is 0 Å². The van der Waals surface area contributed by atoms with Crippen molar-refractivity contribution in [1.82, 2.24) is 4.90 Å². The zero-order valence-electron chi connectivity index (χ0n) is 12.2. The molecule has 0 atom stereocenters. The van der Waals surface area contributed by atoms with Crippen LogP contribution in [0.1, 0.15) is 56.6 Å². The average molecular weight is 259 g/mol. The molecule has 1 aromatic rings. The molecule has 0 aliphatic carbocycles. The third-order valence-electron chi connectivity index (χ3n) is 3.98. The van der Waals surface area contributed by atoms with Crippen molar-refractivity contribution in [2.45, 2.75) is 51.9 Å². The van der Waals surface area contributed by atoms with Crippen molar-refractivity contribution in [2.75, 3.05) is 13.1 Å². The topological polar surface area (TPSA) is 20.3 Å². The molecule has 1 saturated heterocycles. The summed E-state index contributed by atoms with van der Waals surface area (Å²) in [5.74, 6) is 0.900. The second kappa shape index (κ2) is 6.74. The van der Waals surface area contributed by atoms with Crippen LogP contribution in [-0.2, 0) is 11.2 Å². The largest absolute Gasteiger partial charge is 0.343 e. The summed E-state index contributed by atoms with van der Waals surface area (Å²) in [6, 6.07) is 8.70. The van der Waals surface area contributed by atoms with Crippen molar-refractivity contribution in [2.24, 2.45) is 0 Å². The van der Waals surface area contributed by atoms with Crippen LogP contribution in [0.15, 0.2) is 24.3 Å². The highest BCUT2D eigenvalue weighted by atomic mass is 16.2. The predicted octanol–water partition coefficient (Wildman–Crippen LogP) is 3.76. The Morgan fingerprint density at radius 2 is 1.74 bits per heavy atom. The molecule has 0 aromatic heterocycles. The van der Waals surface area contributed by atoms with Crippen LogP contribution in [-0.4, -0.2) is 23.9 Å². The van der Waals surface area contributed by atoms with Gasteiger partial charge < -0.3 is 4.90 Å². The molecule has 2 rings (SSSR count). The Kier molecular flexibility index (Phi) is 5.00. The van der Waals surface area contributed by atoms with Crippen LogP contribution >= 0.6 is 0 Å². The van der Waals surface area contributed by atoms with Crippen molar-refractivity contribution in [3.63, 3.8) is 0 Å². The predicted molar refractivity (Wildman–Crippen MR) is 79.3 cm³/mol. The number of carbonyl (C=O) groups is 1. The van der Waals surface area contributed by atoms with Gasteiger partial charge in [0.05, 0.1) is 0 Å². The standard InChI is InChI=1S/C17H25NO/c1-14(2)16-9-6-15(7-10-16)8-11-17(19)18-12-4-3-5-13-18/h6-7,9-10,14H,3-5,8,11-13H2,1-2H3. The number of piperidine rings is 1. The fraction of sp³-hybridized carbons (Fsp3) is 0.588. The second-order valence-corrected chi connectivity index (χ2v) is 5.84. The molecule has 0 unspecified atom stereocenters. The lowest BCUT2D eigenvalue weighted by molar-refractivity contribution is -0.132. The molecular weight excluding hydrogens is 234 g/mol. The number of hydrogen-bond acceptors (Lipinski definition) is 1. The molecule has 2 heteroatoms. The molecule has 2 nitrogen and oxygen atoms in total. The Bertz CT molecular complexity index is 402. The van der Waals surface area contributed by atoms with E-state index >= 15 is 0 Å². The highest BCUT2D eigenvalue weighted by molar-refractivity contribution is 5.76. The number of hydrogen-bond donors (Lipinski definition) is 0. The monoisotopic (exact) mass is 259 g/mol. The SMILES string of the molecule is CC(C)c1ccc(CCC(=O)N2CCCCC2)cc1. The molecular formula is C17H25NO. The summed E-state index contributed by atoms with van der Waals surface area (Å²) in [5, 5.41) is 0. The van der Waals surface area contributed by atoms with Crippen LogP contribution < -0.4 is 0 Å². The molecule has 0 spiro atoms. The lowest BCUT2D eigenvalue weighted by Gasteiger charge is -2.26. The minimum atomic E-state index is 0.327. The van der Waals surface area contributed by atoms with Crippen molar-refractivity contribution in [3.8, 4) is 0 Å². The van der Waals surface area contributed by atoms with Gasteiger partial charge in [-0.25, -0.2) is 0 Å². The van der Waals surface area contributed by atoms with Crippen LogP contribution in [0.25, 0.3) is 0 Å². The van der Waals surface area contributed by atoms with Gasteiger partial charge >= 0.3 is 0 Å². The minimum absolute atomic E-state index is 0.327. The average Bonchev–Trinajstić information content (AvgIpc) is 2.46. The van der Waals surface area contributed by atoms with E-state index in [1.807, 2.05) is 4.90 Å². The molecule has 19 heavy (non-hydrogen) atoms. The van der Waals surface area contributed by atoms with Crippen LogP contribution in [0.3, 0.4) is 0 Å². The lowest BCUT2D eigenvalue weighted by atomic mass is 10.00. The summed E-state index contributed by atoms with van der Waals surface area (Å²) >= 11 is 0. The molecule has 0 saturated carbocycles. The Balaban J connectivity index is 1.82. The van der Waals surface area contributed by atoms with Gasteiger partial charge in [-0.1, -0.05) is 38.1 Å². The van der Waals surface area contributed by atoms with Crippen molar-refractivity contribution >= 4 is 5.91 Å². The third kappa shape index (κ3) is 4.09. The maximum Gasteiger partial charge on any atom is 0.222 e. The summed E-state index contributed by atoms with van der Waals surface area (Å²) in [6.45, 7) is 6.33. The Morgan fingerprint density at radius 1 is 1.11 bits per heavy atom. The van der Waals surface area contributed by atoms with Crippen molar-refractivity contribution < 1.29 is 4.79 Å². The van der Waals surface area contributed by atoms with Gasteiger partial charge in [-0.3, -0.25) is 4.79 Å². The molecule has 1 fully saturated rings. The number of rotatable bonds is 4. The Morgan fingerprint density at radius 3 is 2.32 bits per heavy atom. The molecule has 1 aliphatic rings. The minimum Gasteiger partial charge on any atom is -0.343 e. The van der Waals surface area contributed by atoms with Crippen LogP contribution in [0, 0.1) is 0 Å². The van der Waals surface area contributed by atoms with E-state index in [0.717, 1.165) is 19.5 Å². The molecule has 1 heterocycles. The molecule has 0 radical (unpaired) electrons. The Hall–Kier alpha value is -1.31. The molecule has 1 aliphatic heterocycles. The number of carbonyl (C=O) groups excluding carboxylic acids is 1. The first-order valence-electron chi connectivity index (χ1n) is 7.53. The quantitative estimate of drug-likeness (QED) is 0.806. The van der Waals surface area contributed by atoms with Gasteiger partial charge in [0, 0.05) is 19.5 Å². The van der Waals surface area contributed by atoms with E-state index in [4.69, 9.17) is 0 Å². The maximum atomic E-state index is 12.1. The fourth-order valence-corrected chi connectivity index (χ4v) is 2.62. The van der Waals surface area contributed by atoms with Gasteiger partial charge in [0.15, 0.2) is 0 Å². The van der Waals surface area contributed by atoms with Gasteiger partial charge in [0.25, 0.3) is 0 Å². The van der Waals surface area contributed by atoms with E-state index in [2.05, 4.69) is 38.1 Å². The third-order valence-corrected chi connectivity index (χ3v) is 3.98. The highest BCUT2D eigenvalue weighted by Gasteiger charge is 2.15. The number of benzene rings is 1. The first-order valence-corrected chi connectivity index (χ1v) is 7.53. The van der Waals surface area contributed by atoms with Crippen molar-refractivity contribution in [3.05, 3.63) is 35.4 Å².